The van der Waals surface area contributed by atoms with E-state index in [9.17, 15) is 4.39 Å². The maximum absolute atomic E-state index is 12.1. The monoisotopic (exact) mass is 121 g/mol. The number of alkyl halides is 1. The molecule has 1 unspecified atom stereocenters. The lowest BCUT2D eigenvalue weighted by Crippen LogP contribution is -2.17. The second-order valence-electron chi connectivity index (χ2n) is 1.56. The summed E-state index contributed by atoms with van der Waals surface area (Å²) < 4.78 is 15.0. The van der Waals surface area contributed by atoms with Crippen LogP contribution in [-0.2, 0) is 0 Å². The zero-order chi connectivity index (χ0) is 5.11. The summed E-state index contributed by atoms with van der Waals surface area (Å²) in [5.74, 6) is 0. The van der Waals surface area contributed by atoms with Gasteiger partial charge in [0.05, 0.1) is 0 Å². The lowest BCUT2D eigenvalue weighted by molar-refractivity contribution is 0.407. The average Bonchev–Trinajstić information content (AvgIpc) is 1.69. The first-order valence-corrected chi connectivity index (χ1v) is 3.30. The van der Waals surface area contributed by atoms with E-state index in [2.05, 4.69) is 4.72 Å². The molecule has 1 aliphatic rings. The van der Waals surface area contributed by atoms with Gasteiger partial charge in [0.2, 0.25) is 0 Å². The number of rotatable bonds is 0. The molecule has 7 heavy (non-hydrogen) atoms. The minimum Gasteiger partial charge on any atom is -0.262 e. The summed E-state index contributed by atoms with van der Waals surface area (Å²) in [5.41, 5.74) is -0.659. The van der Waals surface area contributed by atoms with Gasteiger partial charge in [0.25, 0.3) is 0 Å². The van der Waals surface area contributed by atoms with Gasteiger partial charge in [-0.3, -0.25) is 4.72 Å². The summed E-state index contributed by atoms with van der Waals surface area (Å²) >= 11 is 1.20. The van der Waals surface area contributed by atoms with Crippen molar-refractivity contribution in [1.82, 2.24) is 4.72 Å². The Morgan fingerprint density at radius 2 is 2.57 bits per heavy atom. The summed E-state index contributed by atoms with van der Waals surface area (Å²) in [5, 5.41) is 0. The van der Waals surface area contributed by atoms with E-state index in [1.54, 1.807) is 0 Å². The first kappa shape index (κ1) is 5.38. The first-order valence-electron chi connectivity index (χ1n) is 2.42. The minimum absolute atomic E-state index is 0.659. The number of nitrogens with one attached hydrogen (secondary N) is 1. The number of halogens is 1. The molecular formula is C4H8FNS. The predicted molar refractivity (Wildman–Crippen MR) is 29.7 cm³/mol. The highest BCUT2D eigenvalue weighted by atomic mass is 32.2. The summed E-state index contributed by atoms with van der Waals surface area (Å²) in [4.78, 5) is 0. The predicted octanol–water partition coefficient (Wildman–Crippen LogP) is 1.31. The zero-order valence-corrected chi connectivity index (χ0v) is 4.80. The highest BCUT2D eigenvalue weighted by molar-refractivity contribution is 7.97. The Bertz CT molecular complexity index is 53.7. The molecule has 0 bridgehead atoms. The first-order chi connectivity index (χ1) is 3.39. The molecular weight excluding hydrogens is 113 g/mol. The lowest BCUT2D eigenvalue weighted by Gasteiger charge is -2.13. The van der Waals surface area contributed by atoms with Crippen LogP contribution in [0.25, 0.3) is 0 Å². The fourth-order valence-corrected chi connectivity index (χ4v) is 1.27. The standard InChI is InChI=1S/C4H8FNS/c5-4-2-1-3-6-7-4/h4,6H,1-3H2. The van der Waals surface area contributed by atoms with E-state index in [-0.39, 0.29) is 0 Å². The highest BCUT2D eigenvalue weighted by Gasteiger charge is 2.09. The Balaban J connectivity index is 2.12. The molecule has 1 fully saturated rings. The van der Waals surface area contributed by atoms with E-state index in [0.29, 0.717) is 0 Å². The summed E-state index contributed by atoms with van der Waals surface area (Å²) in [7, 11) is 0. The number of hydrogen-bond donors (Lipinski definition) is 1. The Morgan fingerprint density at radius 1 is 1.71 bits per heavy atom. The third kappa shape index (κ3) is 1.65. The summed E-state index contributed by atoms with van der Waals surface area (Å²) in [6.45, 7) is 0.963. The lowest BCUT2D eigenvalue weighted by atomic mass is 10.3. The van der Waals surface area contributed by atoms with E-state index < -0.39 is 5.50 Å². The van der Waals surface area contributed by atoms with Gasteiger partial charge in [-0.05, 0) is 24.8 Å². The van der Waals surface area contributed by atoms with Crippen LogP contribution < -0.4 is 4.72 Å². The molecule has 1 nitrogen and oxygen atoms in total. The van der Waals surface area contributed by atoms with E-state index in [4.69, 9.17) is 0 Å². The van der Waals surface area contributed by atoms with Crippen LogP contribution in [0.3, 0.4) is 0 Å². The molecule has 0 aromatic rings. The molecule has 1 saturated heterocycles. The SMILES string of the molecule is FC1CCCNS1. The number of hydrogen-bond acceptors (Lipinski definition) is 2. The maximum Gasteiger partial charge on any atom is 0.159 e. The smallest absolute Gasteiger partial charge is 0.159 e. The molecule has 0 aromatic heterocycles. The van der Waals surface area contributed by atoms with Gasteiger partial charge < -0.3 is 0 Å². The Morgan fingerprint density at radius 3 is 2.86 bits per heavy atom. The quantitative estimate of drug-likeness (QED) is 0.485. The van der Waals surface area contributed by atoms with E-state index >= 15 is 0 Å². The molecule has 1 heterocycles. The van der Waals surface area contributed by atoms with Gasteiger partial charge in [0.1, 0.15) is 0 Å². The topological polar surface area (TPSA) is 12.0 Å². The third-order valence-electron chi connectivity index (χ3n) is 0.921. The third-order valence-corrected chi connectivity index (χ3v) is 1.78. The van der Waals surface area contributed by atoms with Crippen molar-refractivity contribution < 1.29 is 4.39 Å². The minimum atomic E-state index is -0.659. The van der Waals surface area contributed by atoms with Crippen LogP contribution in [0.4, 0.5) is 4.39 Å². The van der Waals surface area contributed by atoms with Gasteiger partial charge in [0, 0.05) is 6.54 Å². The van der Waals surface area contributed by atoms with Crippen LogP contribution in [0, 0.1) is 0 Å². The molecule has 0 radical (unpaired) electrons. The molecule has 0 amide bonds. The van der Waals surface area contributed by atoms with Crippen LogP contribution in [0.5, 0.6) is 0 Å². The second kappa shape index (κ2) is 2.52. The van der Waals surface area contributed by atoms with Crippen molar-refractivity contribution in [2.75, 3.05) is 6.54 Å². The van der Waals surface area contributed by atoms with Crippen molar-refractivity contribution in [2.24, 2.45) is 0 Å². The maximum atomic E-state index is 12.1. The second-order valence-corrected chi connectivity index (χ2v) is 2.60. The Kier molecular flexibility index (Phi) is 1.94. The van der Waals surface area contributed by atoms with E-state index in [1.807, 2.05) is 0 Å². The van der Waals surface area contributed by atoms with Crippen LogP contribution >= 0.6 is 11.9 Å². The summed E-state index contributed by atoms with van der Waals surface area (Å²) in [6.07, 6.45) is 1.70. The van der Waals surface area contributed by atoms with Crippen molar-refractivity contribution in [3.63, 3.8) is 0 Å². The Hall–Kier alpha value is 0.240. The largest absolute Gasteiger partial charge is 0.262 e. The molecule has 1 aliphatic heterocycles. The molecule has 0 aromatic carbocycles. The zero-order valence-electron chi connectivity index (χ0n) is 3.98. The Labute approximate surface area is 46.8 Å². The highest BCUT2D eigenvalue weighted by Crippen LogP contribution is 2.17. The molecule has 0 saturated carbocycles. The van der Waals surface area contributed by atoms with Crippen molar-refractivity contribution in [2.45, 2.75) is 18.3 Å². The van der Waals surface area contributed by atoms with Gasteiger partial charge in [-0.1, -0.05) is 0 Å². The van der Waals surface area contributed by atoms with Crippen LogP contribution in [0.1, 0.15) is 12.8 Å². The van der Waals surface area contributed by atoms with E-state index in [1.165, 1.54) is 11.9 Å². The van der Waals surface area contributed by atoms with Gasteiger partial charge in [-0.25, -0.2) is 4.39 Å². The normalized spacial score (nSPS) is 33.0. The van der Waals surface area contributed by atoms with Crippen molar-refractivity contribution in [3.8, 4) is 0 Å². The van der Waals surface area contributed by atoms with Crippen LogP contribution in [0.2, 0.25) is 0 Å². The van der Waals surface area contributed by atoms with Crippen LogP contribution in [-0.4, -0.2) is 12.0 Å². The summed E-state index contributed by atoms with van der Waals surface area (Å²) in [6, 6.07) is 0. The van der Waals surface area contributed by atoms with Crippen molar-refractivity contribution in [3.05, 3.63) is 0 Å². The fraction of sp³-hybridized carbons (Fsp3) is 1.00. The van der Waals surface area contributed by atoms with Gasteiger partial charge in [0.15, 0.2) is 5.50 Å². The molecule has 0 spiro atoms. The average molecular weight is 121 g/mol. The van der Waals surface area contributed by atoms with Crippen molar-refractivity contribution in [1.29, 1.82) is 0 Å². The molecule has 42 valence electrons. The van der Waals surface area contributed by atoms with Crippen molar-refractivity contribution >= 4 is 11.9 Å². The van der Waals surface area contributed by atoms with Crippen LogP contribution in [0.15, 0.2) is 0 Å². The fourth-order valence-electron chi connectivity index (χ4n) is 0.543. The molecule has 3 heteroatoms. The molecule has 1 atom stereocenters. The van der Waals surface area contributed by atoms with Gasteiger partial charge in [-0.2, -0.15) is 0 Å². The van der Waals surface area contributed by atoms with Gasteiger partial charge >= 0.3 is 0 Å². The van der Waals surface area contributed by atoms with Gasteiger partial charge in [-0.15, -0.1) is 0 Å². The molecule has 0 aliphatic carbocycles. The molecule has 1 N–H and O–H groups in total. The molecule has 1 rings (SSSR count). The van der Waals surface area contributed by atoms with E-state index in [0.717, 1.165) is 19.4 Å².